The lowest BCUT2D eigenvalue weighted by Crippen LogP contribution is -2.25. The molecule has 3 rings (SSSR count). The lowest BCUT2D eigenvalue weighted by atomic mass is 9.86. The second-order valence-electron chi connectivity index (χ2n) is 5.73. The van der Waals surface area contributed by atoms with Gasteiger partial charge in [-0.1, -0.05) is 6.42 Å². The first kappa shape index (κ1) is 13.9. The van der Waals surface area contributed by atoms with Crippen LogP contribution in [-0.2, 0) is 17.6 Å². The zero-order chi connectivity index (χ0) is 14.1. The topological polar surface area (TPSA) is 63.1 Å². The van der Waals surface area contributed by atoms with E-state index in [0.717, 1.165) is 29.2 Å². The minimum absolute atomic E-state index is 0.264. The van der Waals surface area contributed by atoms with Crippen molar-refractivity contribution in [1.82, 2.24) is 9.97 Å². The van der Waals surface area contributed by atoms with Crippen molar-refractivity contribution in [2.45, 2.75) is 50.7 Å². The fraction of sp³-hybridized carbons (Fsp3) is 0.667. The van der Waals surface area contributed by atoms with Crippen molar-refractivity contribution in [2.75, 3.05) is 5.75 Å². The van der Waals surface area contributed by atoms with Crippen LogP contribution in [0.1, 0.15) is 53.7 Å². The van der Waals surface area contributed by atoms with E-state index in [1.54, 1.807) is 0 Å². The molecule has 0 radical (unpaired) electrons. The van der Waals surface area contributed by atoms with Gasteiger partial charge in [-0.3, -0.25) is 4.79 Å². The normalized spacial score (nSPS) is 26.1. The van der Waals surface area contributed by atoms with Crippen LogP contribution in [0.2, 0.25) is 0 Å². The Labute approximate surface area is 123 Å². The van der Waals surface area contributed by atoms with E-state index in [-0.39, 0.29) is 5.92 Å². The van der Waals surface area contributed by atoms with Crippen molar-refractivity contribution in [3.05, 3.63) is 22.8 Å². The highest BCUT2D eigenvalue weighted by atomic mass is 32.2. The second kappa shape index (κ2) is 5.72. The maximum atomic E-state index is 11.1. The van der Waals surface area contributed by atoms with Gasteiger partial charge in [0.05, 0.1) is 11.2 Å². The molecule has 0 aromatic carbocycles. The maximum absolute atomic E-state index is 11.1. The van der Waals surface area contributed by atoms with E-state index in [9.17, 15) is 4.79 Å². The quantitative estimate of drug-likeness (QED) is 0.908. The SMILES string of the molecule is Cc1nc(C2CCCCS2)nc2c1CC(C(=O)O)CC2. The standard InChI is InChI=1S/C15H20N2O2S/c1-9-11-8-10(15(18)19)5-6-12(11)17-14(16-9)13-4-2-3-7-20-13/h10,13H,2-8H2,1H3,(H,18,19). The molecule has 0 amide bonds. The fourth-order valence-corrected chi connectivity index (χ4v) is 4.35. The van der Waals surface area contributed by atoms with Gasteiger partial charge < -0.3 is 5.11 Å². The molecule has 4 nitrogen and oxygen atoms in total. The monoisotopic (exact) mass is 292 g/mol. The molecule has 2 aliphatic rings. The third-order valence-electron chi connectivity index (χ3n) is 4.31. The third kappa shape index (κ3) is 2.68. The Bertz CT molecular complexity index is 527. The Balaban J connectivity index is 1.87. The van der Waals surface area contributed by atoms with Gasteiger partial charge >= 0.3 is 5.97 Å². The molecule has 2 unspecified atom stereocenters. The molecular weight excluding hydrogens is 272 g/mol. The molecule has 1 aromatic heterocycles. The Morgan fingerprint density at radius 3 is 2.85 bits per heavy atom. The van der Waals surface area contributed by atoms with E-state index in [4.69, 9.17) is 10.1 Å². The van der Waals surface area contributed by atoms with Crippen molar-refractivity contribution in [3.63, 3.8) is 0 Å². The molecule has 1 fully saturated rings. The number of aromatic nitrogens is 2. The van der Waals surface area contributed by atoms with E-state index >= 15 is 0 Å². The fourth-order valence-electron chi connectivity index (χ4n) is 3.11. The summed E-state index contributed by atoms with van der Waals surface area (Å²) in [5.41, 5.74) is 3.16. The molecule has 0 bridgehead atoms. The Morgan fingerprint density at radius 1 is 1.30 bits per heavy atom. The van der Waals surface area contributed by atoms with Crippen LogP contribution in [0.3, 0.4) is 0 Å². The number of hydrogen-bond acceptors (Lipinski definition) is 4. The van der Waals surface area contributed by atoms with Gasteiger partial charge in [-0.15, -0.1) is 0 Å². The highest BCUT2D eigenvalue weighted by Gasteiger charge is 2.28. The first-order valence-electron chi connectivity index (χ1n) is 7.36. The average molecular weight is 292 g/mol. The smallest absolute Gasteiger partial charge is 0.306 e. The van der Waals surface area contributed by atoms with Crippen LogP contribution in [0, 0.1) is 12.8 Å². The van der Waals surface area contributed by atoms with E-state index < -0.39 is 5.97 Å². The van der Waals surface area contributed by atoms with E-state index in [1.165, 1.54) is 25.0 Å². The van der Waals surface area contributed by atoms with Crippen LogP contribution in [0.4, 0.5) is 0 Å². The summed E-state index contributed by atoms with van der Waals surface area (Å²) in [5, 5.41) is 9.60. The lowest BCUT2D eigenvalue weighted by Gasteiger charge is -2.25. The summed E-state index contributed by atoms with van der Waals surface area (Å²) in [6.45, 7) is 2.00. The number of carboxylic acids is 1. The number of carboxylic acid groups (broad SMARTS) is 1. The summed E-state index contributed by atoms with van der Waals surface area (Å²) >= 11 is 1.96. The van der Waals surface area contributed by atoms with Crippen molar-refractivity contribution in [3.8, 4) is 0 Å². The first-order valence-corrected chi connectivity index (χ1v) is 8.40. The number of thioether (sulfide) groups is 1. The van der Waals surface area contributed by atoms with Crippen molar-refractivity contribution in [1.29, 1.82) is 0 Å². The number of fused-ring (bicyclic) bond motifs is 1. The zero-order valence-electron chi connectivity index (χ0n) is 11.8. The molecule has 5 heteroatoms. The summed E-state index contributed by atoms with van der Waals surface area (Å²) in [4.78, 5) is 20.6. The van der Waals surface area contributed by atoms with Gasteiger partial charge in [-0.05, 0) is 50.3 Å². The summed E-state index contributed by atoms with van der Waals surface area (Å²) in [7, 11) is 0. The number of aliphatic carboxylic acids is 1. The highest BCUT2D eigenvalue weighted by Crippen LogP contribution is 2.37. The van der Waals surface area contributed by atoms with Gasteiger partial charge in [0, 0.05) is 11.4 Å². The van der Waals surface area contributed by atoms with Crippen molar-refractivity contribution < 1.29 is 9.90 Å². The number of carbonyl (C=O) groups is 1. The summed E-state index contributed by atoms with van der Waals surface area (Å²) in [5.74, 6) is 1.21. The van der Waals surface area contributed by atoms with E-state index in [1.807, 2.05) is 18.7 Å². The van der Waals surface area contributed by atoms with Crippen molar-refractivity contribution >= 4 is 17.7 Å². The maximum Gasteiger partial charge on any atom is 0.306 e. The lowest BCUT2D eigenvalue weighted by molar-refractivity contribution is -0.142. The largest absolute Gasteiger partial charge is 0.481 e. The van der Waals surface area contributed by atoms with Crippen LogP contribution in [-0.4, -0.2) is 26.8 Å². The third-order valence-corrected chi connectivity index (χ3v) is 5.69. The zero-order valence-corrected chi connectivity index (χ0v) is 12.6. The molecule has 1 aliphatic carbocycles. The van der Waals surface area contributed by atoms with E-state index in [2.05, 4.69) is 4.98 Å². The molecule has 2 heterocycles. The van der Waals surface area contributed by atoms with Gasteiger partial charge in [0.1, 0.15) is 5.82 Å². The predicted octanol–water partition coefficient (Wildman–Crippen LogP) is 2.93. The van der Waals surface area contributed by atoms with Crippen LogP contribution in [0.25, 0.3) is 0 Å². The van der Waals surface area contributed by atoms with Crippen LogP contribution in [0.15, 0.2) is 0 Å². The molecule has 1 N–H and O–H groups in total. The second-order valence-corrected chi connectivity index (χ2v) is 7.04. The van der Waals surface area contributed by atoms with Crippen LogP contribution < -0.4 is 0 Å². The van der Waals surface area contributed by atoms with Gasteiger partial charge in [0.25, 0.3) is 0 Å². The minimum atomic E-state index is -0.693. The summed E-state index contributed by atoms with van der Waals surface area (Å²) in [6, 6.07) is 0. The molecular formula is C15H20N2O2S. The molecule has 108 valence electrons. The van der Waals surface area contributed by atoms with E-state index in [0.29, 0.717) is 18.1 Å². The molecule has 1 aliphatic heterocycles. The van der Waals surface area contributed by atoms with Gasteiger partial charge in [0.2, 0.25) is 0 Å². The average Bonchev–Trinajstić information content (AvgIpc) is 2.47. The molecule has 0 spiro atoms. The van der Waals surface area contributed by atoms with Crippen LogP contribution in [0.5, 0.6) is 0 Å². The Kier molecular flexibility index (Phi) is 3.96. The highest BCUT2D eigenvalue weighted by molar-refractivity contribution is 7.99. The van der Waals surface area contributed by atoms with Crippen LogP contribution >= 0.6 is 11.8 Å². The van der Waals surface area contributed by atoms with Gasteiger partial charge in [0.15, 0.2) is 0 Å². The van der Waals surface area contributed by atoms with Crippen molar-refractivity contribution in [2.24, 2.45) is 5.92 Å². The number of aryl methyl sites for hydroxylation is 2. The molecule has 2 atom stereocenters. The first-order chi connectivity index (χ1) is 9.65. The Hall–Kier alpha value is -1.10. The number of nitrogens with zero attached hydrogens (tertiary/aromatic N) is 2. The molecule has 1 saturated heterocycles. The molecule has 20 heavy (non-hydrogen) atoms. The summed E-state index contributed by atoms with van der Waals surface area (Å²) < 4.78 is 0. The number of hydrogen-bond donors (Lipinski definition) is 1. The number of rotatable bonds is 2. The molecule has 1 aromatic rings. The predicted molar refractivity (Wildman–Crippen MR) is 79.0 cm³/mol. The van der Waals surface area contributed by atoms with Gasteiger partial charge in [-0.2, -0.15) is 11.8 Å². The Morgan fingerprint density at radius 2 is 2.15 bits per heavy atom. The van der Waals surface area contributed by atoms with Gasteiger partial charge in [-0.25, -0.2) is 9.97 Å². The summed E-state index contributed by atoms with van der Waals surface area (Å²) in [6.07, 6.45) is 5.80. The molecule has 0 saturated carbocycles. The minimum Gasteiger partial charge on any atom is -0.481 e.